The van der Waals surface area contributed by atoms with E-state index in [2.05, 4.69) is 10.0 Å². The van der Waals surface area contributed by atoms with Gasteiger partial charge in [-0.15, -0.1) is 0 Å². The van der Waals surface area contributed by atoms with Gasteiger partial charge in [0.05, 0.1) is 10.6 Å². The van der Waals surface area contributed by atoms with Gasteiger partial charge >= 0.3 is 0 Å². The maximum atomic E-state index is 12.6. The summed E-state index contributed by atoms with van der Waals surface area (Å²) < 4.78 is 33.2. The van der Waals surface area contributed by atoms with E-state index in [0.717, 1.165) is 11.1 Å². The minimum atomic E-state index is -3.72. The lowest BCUT2D eigenvalue weighted by Gasteiger charge is -2.13. The molecule has 0 radical (unpaired) electrons. The number of aryl methyl sites for hydroxylation is 2. The average Bonchev–Trinajstić information content (AvgIpc) is 2.69. The Hall–Kier alpha value is -3.32. The third-order valence-corrected chi connectivity index (χ3v) is 5.56. The van der Waals surface area contributed by atoms with Crippen LogP contribution in [-0.4, -0.2) is 20.9 Å². The molecular weight excluding hydrogens is 388 g/mol. The molecular formula is C22H22N2O4S. The fourth-order valence-corrected chi connectivity index (χ4v) is 3.81. The van der Waals surface area contributed by atoms with Crippen LogP contribution >= 0.6 is 0 Å². The van der Waals surface area contributed by atoms with Gasteiger partial charge in [-0.05, 0) is 61.4 Å². The highest BCUT2D eigenvalue weighted by Crippen LogP contribution is 2.23. The van der Waals surface area contributed by atoms with Crippen LogP contribution < -0.4 is 14.8 Å². The molecule has 0 bridgehead atoms. The van der Waals surface area contributed by atoms with Gasteiger partial charge in [0, 0.05) is 5.69 Å². The number of hydrogen-bond donors (Lipinski definition) is 2. The molecule has 2 N–H and O–H groups in total. The van der Waals surface area contributed by atoms with Gasteiger partial charge in [-0.3, -0.25) is 9.52 Å². The van der Waals surface area contributed by atoms with Gasteiger partial charge in [0.1, 0.15) is 5.75 Å². The van der Waals surface area contributed by atoms with Crippen LogP contribution in [0.15, 0.2) is 77.7 Å². The second-order valence-corrected chi connectivity index (χ2v) is 8.28. The van der Waals surface area contributed by atoms with Crippen LogP contribution in [0, 0.1) is 13.8 Å². The Morgan fingerprint density at radius 1 is 0.931 bits per heavy atom. The molecule has 0 atom stereocenters. The van der Waals surface area contributed by atoms with E-state index in [1.165, 1.54) is 12.1 Å². The summed E-state index contributed by atoms with van der Waals surface area (Å²) in [6.45, 7) is 3.58. The number of nitrogens with one attached hydrogen (secondary N) is 2. The van der Waals surface area contributed by atoms with Gasteiger partial charge in [-0.2, -0.15) is 0 Å². The van der Waals surface area contributed by atoms with Gasteiger partial charge in [-0.25, -0.2) is 8.42 Å². The van der Waals surface area contributed by atoms with Crippen LogP contribution in [0.5, 0.6) is 5.75 Å². The normalized spacial score (nSPS) is 11.0. The second-order valence-electron chi connectivity index (χ2n) is 6.60. The van der Waals surface area contributed by atoms with Crippen molar-refractivity contribution in [3.05, 3.63) is 83.9 Å². The van der Waals surface area contributed by atoms with E-state index < -0.39 is 10.0 Å². The third kappa shape index (κ3) is 5.58. The lowest BCUT2D eigenvalue weighted by molar-refractivity contribution is -0.118. The van der Waals surface area contributed by atoms with E-state index in [-0.39, 0.29) is 17.4 Å². The van der Waals surface area contributed by atoms with Crippen LogP contribution in [0.2, 0.25) is 0 Å². The van der Waals surface area contributed by atoms with Gasteiger partial charge in [0.25, 0.3) is 15.9 Å². The Bertz CT molecular complexity index is 1110. The Morgan fingerprint density at radius 3 is 2.41 bits per heavy atom. The molecule has 29 heavy (non-hydrogen) atoms. The first-order chi connectivity index (χ1) is 13.8. The van der Waals surface area contributed by atoms with E-state index in [1.807, 2.05) is 25.1 Å². The Balaban J connectivity index is 1.68. The number of rotatable bonds is 7. The first-order valence-electron chi connectivity index (χ1n) is 9.01. The highest BCUT2D eigenvalue weighted by Gasteiger charge is 2.15. The highest BCUT2D eigenvalue weighted by atomic mass is 32.2. The zero-order valence-electron chi connectivity index (χ0n) is 16.2. The molecule has 0 aliphatic carbocycles. The molecule has 0 fully saturated rings. The maximum Gasteiger partial charge on any atom is 0.262 e. The number of hydrogen-bond acceptors (Lipinski definition) is 4. The van der Waals surface area contributed by atoms with Crippen molar-refractivity contribution in [2.45, 2.75) is 18.7 Å². The molecule has 1 amide bonds. The minimum Gasteiger partial charge on any atom is -0.484 e. The molecule has 3 aromatic carbocycles. The first kappa shape index (κ1) is 20.4. The Labute approximate surface area is 170 Å². The van der Waals surface area contributed by atoms with Gasteiger partial charge in [-0.1, -0.05) is 36.4 Å². The fraction of sp³-hybridized carbons (Fsp3) is 0.136. The molecule has 150 valence electrons. The minimum absolute atomic E-state index is 0.150. The molecule has 7 heteroatoms. The average molecular weight is 410 g/mol. The molecule has 0 heterocycles. The quantitative estimate of drug-likeness (QED) is 0.614. The molecule has 0 saturated heterocycles. The lowest BCUT2D eigenvalue weighted by Crippen LogP contribution is -2.20. The first-order valence-corrected chi connectivity index (χ1v) is 10.5. The van der Waals surface area contributed by atoms with Gasteiger partial charge in [0.2, 0.25) is 0 Å². The standard InChI is InChI=1S/C22H22N2O4S/c1-16-7-6-8-19(13-16)28-15-22(25)23-18-12-11-17(2)21(14-18)24-29(26,27)20-9-4-3-5-10-20/h3-14,24H,15H2,1-2H3,(H,23,25). The number of benzene rings is 3. The molecule has 3 aromatic rings. The van der Waals surface area contributed by atoms with Crippen LogP contribution in [0.1, 0.15) is 11.1 Å². The van der Waals surface area contributed by atoms with Crippen molar-refractivity contribution in [2.24, 2.45) is 0 Å². The van der Waals surface area contributed by atoms with E-state index in [0.29, 0.717) is 17.1 Å². The van der Waals surface area contributed by atoms with E-state index in [9.17, 15) is 13.2 Å². The van der Waals surface area contributed by atoms with Crippen molar-refractivity contribution in [3.63, 3.8) is 0 Å². The van der Waals surface area contributed by atoms with Crippen LogP contribution in [0.25, 0.3) is 0 Å². The predicted molar refractivity (Wildman–Crippen MR) is 114 cm³/mol. The molecule has 0 aromatic heterocycles. The SMILES string of the molecule is Cc1cccc(OCC(=O)Nc2ccc(C)c(NS(=O)(=O)c3ccccc3)c2)c1. The highest BCUT2D eigenvalue weighted by molar-refractivity contribution is 7.92. The molecule has 0 aliphatic rings. The summed E-state index contributed by atoms with van der Waals surface area (Å²) in [5.74, 6) is 0.271. The zero-order chi connectivity index (χ0) is 20.9. The summed E-state index contributed by atoms with van der Waals surface area (Å²) >= 11 is 0. The van der Waals surface area contributed by atoms with Crippen molar-refractivity contribution < 1.29 is 17.9 Å². The van der Waals surface area contributed by atoms with Gasteiger partial charge < -0.3 is 10.1 Å². The largest absolute Gasteiger partial charge is 0.484 e. The van der Waals surface area contributed by atoms with Gasteiger partial charge in [0.15, 0.2) is 6.61 Å². The molecule has 0 spiro atoms. The molecule has 0 saturated carbocycles. The second kappa shape index (κ2) is 8.79. The lowest BCUT2D eigenvalue weighted by atomic mass is 10.2. The van der Waals surface area contributed by atoms with E-state index in [4.69, 9.17) is 4.74 Å². The number of carbonyl (C=O) groups excluding carboxylic acids is 1. The summed E-state index contributed by atoms with van der Waals surface area (Å²) in [6.07, 6.45) is 0. The Morgan fingerprint density at radius 2 is 1.69 bits per heavy atom. The molecule has 0 unspecified atom stereocenters. The van der Waals surface area contributed by atoms with Crippen molar-refractivity contribution in [3.8, 4) is 5.75 Å². The summed E-state index contributed by atoms with van der Waals surface area (Å²) in [7, 11) is -3.72. The third-order valence-electron chi connectivity index (χ3n) is 4.18. The number of sulfonamides is 1. The smallest absolute Gasteiger partial charge is 0.262 e. The topological polar surface area (TPSA) is 84.5 Å². The summed E-state index contributed by atoms with van der Waals surface area (Å²) in [5.41, 5.74) is 2.64. The number of anilines is 2. The monoisotopic (exact) mass is 410 g/mol. The van der Waals surface area contributed by atoms with E-state index in [1.54, 1.807) is 49.4 Å². The zero-order valence-corrected chi connectivity index (χ0v) is 17.0. The molecule has 0 aliphatic heterocycles. The summed E-state index contributed by atoms with van der Waals surface area (Å²) in [4.78, 5) is 12.4. The summed E-state index contributed by atoms with van der Waals surface area (Å²) in [5, 5.41) is 2.72. The molecule has 6 nitrogen and oxygen atoms in total. The number of amides is 1. The van der Waals surface area contributed by atoms with Crippen molar-refractivity contribution in [1.82, 2.24) is 0 Å². The maximum absolute atomic E-state index is 12.6. The van der Waals surface area contributed by atoms with Crippen molar-refractivity contribution in [2.75, 3.05) is 16.6 Å². The predicted octanol–water partition coefficient (Wildman–Crippen LogP) is 4.12. The fourth-order valence-electron chi connectivity index (χ4n) is 2.66. The number of ether oxygens (including phenoxy) is 1. The number of carbonyl (C=O) groups is 1. The van der Waals surface area contributed by atoms with Crippen LogP contribution in [0.4, 0.5) is 11.4 Å². The van der Waals surface area contributed by atoms with Crippen molar-refractivity contribution in [1.29, 1.82) is 0 Å². The molecule has 3 rings (SSSR count). The van der Waals surface area contributed by atoms with Crippen LogP contribution in [0.3, 0.4) is 0 Å². The van der Waals surface area contributed by atoms with Crippen molar-refractivity contribution >= 4 is 27.3 Å². The summed E-state index contributed by atoms with van der Waals surface area (Å²) in [6, 6.07) is 20.6. The van der Waals surface area contributed by atoms with Crippen LogP contribution in [-0.2, 0) is 14.8 Å². The Kier molecular flexibility index (Phi) is 6.19. The van der Waals surface area contributed by atoms with E-state index >= 15 is 0 Å².